The molecule has 32 heavy (non-hydrogen) atoms. The number of hydrogen-bond acceptors (Lipinski definition) is 5. The van der Waals surface area contributed by atoms with E-state index < -0.39 is 5.41 Å². The summed E-state index contributed by atoms with van der Waals surface area (Å²) < 4.78 is 18.6. The average molecular weight is 442 g/mol. The molecule has 1 aromatic carbocycles. The van der Waals surface area contributed by atoms with Crippen molar-refractivity contribution < 1.29 is 18.5 Å². The summed E-state index contributed by atoms with van der Waals surface area (Å²) in [5, 5.41) is 6.86. The monoisotopic (exact) mass is 441 g/mol. The van der Waals surface area contributed by atoms with Gasteiger partial charge in [0.2, 0.25) is 11.8 Å². The highest BCUT2D eigenvalue weighted by Crippen LogP contribution is 2.30. The van der Waals surface area contributed by atoms with Crippen LogP contribution in [0.1, 0.15) is 50.4 Å². The van der Waals surface area contributed by atoms with Crippen molar-refractivity contribution in [1.29, 1.82) is 0 Å². The number of carbonyl (C=O) groups excluding carboxylic acids is 2. The van der Waals surface area contributed by atoms with Crippen molar-refractivity contribution in [3.63, 3.8) is 0 Å². The SMILES string of the molecule is CCc1cc(CNC(=O)C2(C)CCCN(C(=O)CCc3nc4ccc(F)cc4[nH]3)C2)on1. The number of aromatic nitrogens is 3. The van der Waals surface area contributed by atoms with Crippen molar-refractivity contribution in [3.05, 3.63) is 47.4 Å². The molecule has 1 fully saturated rings. The van der Waals surface area contributed by atoms with Gasteiger partial charge in [0, 0.05) is 32.0 Å². The normalized spacial score (nSPS) is 18.8. The molecule has 1 saturated heterocycles. The molecular weight excluding hydrogens is 413 g/mol. The Morgan fingerprint density at radius 3 is 2.97 bits per heavy atom. The first kappa shape index (κ1) is 22.0. The molecule has 0 aliphatic carbocycles. The lowest BCUT2D eigenvalue weighted by Crippen LogP contribution is -2.51. The van der Waals surface area contributed by atoms with Crippen LogP contribution in [0.3, 0.4) is 0 Å². The lowest BCUT2D eigenvalue weighted by Gasteiger charge is -2.39. The van der Waals surface area contributed by atoms with Gasteiger partial charge in [-0.05, 0) is 44.4 Å². The van der Waals surface area contributed by atoms with Gasteiger partial charge in [0.15, 0.2) is 5.76 Å². The topological polar surface area (TPSA) is 104 Å². The molecule has 0 saturated carbocycles. The minimum atomic E-state index is -0.654. The molecule has 3 heterocycles. The molecule has 170 valence electrons. The van der Waals surface area contributed by atoms with Gasteiger partial charge in [-0.25, -0.2) is 9.37 Å². The summed E-state index contributed by atoms with van der Waals surface area (Å²) in [7, 11) is 0. The number of aryl methyl sites for hydroxylation is 2. The lowest BCUT2D eigenvalue weighted by atomic mass is 9.80. The molecule has 1 aliphatic rings. The molecule has 4 rings (SSSR count). The third kappa shape index (κ3) is 4.81. The second-order valence-corrected chi connectivity index (χ2v) is 8.65. The molecule has 0 bridgehead atoms. The number of aromatic amines is 1. The molecule has 2 aromatic heterocycles. The number of rotatable bonds is 7. The van der Waals surface area contributed by atoms with E-state index in [1.807, 2.05) is 19.9 Å². The van der Waals surface area contributed by atoms with E-state index in [1.165, 1.54) is 12.1 Å². The van der Waals surface area contributed by atoms with Crippen LogP contribution in [0.25, 0.3) is 11.0 Å². The first-order valence-electron chi connectivity index (χ1n) is 11.0. The van der Waals surface area contributed by atoms with E-state index in [1.54, 1.807) is 11.0 Å². The van der Waals surface area contributed by atoms with Gasteiger partial charge < -0.3 is 19.7 Å². The van der Waals surface area contributed by atoms with Crippen molar-refractivity contribution in [2.45, 2.75) is 52.5 Å². The maximum absolute atomic E-state index is 13.4. The third-order valence-corrected chi connectivity index (χ3v) is 6.06. The van der Waals surface area contributed by atoms with Gasteiger partial charge in [-0.2, -0.15) is 0 Å². The number of fused-ring (bicyclic) bond motifs is 1. The number of H-pyrrole nitrogens is 1. The Hall–Kier alpha value is -3.23. The van der Waals surface area contributed by atoms with Crippen LogP contribution in [0.15, 0.2) is 28.8 Å². The smallest absolute Gasteiger partial charge is 0.228 e. The number of piperidine rings is 1. The Morgan fingerprint density at radius 2 is 2.19 bits per heavy atom. The van der Waals surface area contributed by atoms with Crippen molar-refractivity contribution in [1.82, 2.24) is 25.3 Å². The molecule has 0 radical (unpaired) electrons. The second kappa shape index (κ2) is 9.10. The highest BCUT2D eigenvalue weighted by molar-refractivity contribution is 5.84. The number of benzene rings is 1. The van der Waals surface area contributed by atoms with Gasteiger partial charge in [-0.1, -0.05) is 12.1 Å². The molecule has 1 atom stereocenters. The number of nitrogens with zero attached hydrogens (tertiary/aromatic N) is 3. The minimum absolute atomic E-state index is 0.0156. The van der Waals surface area contributed by atoms with Crippen LogP contribution in [0.2, 0.25) is 0 Å². The number of hydrogen-bond donors (Lipinski definition) is 2. The number of imidazole rings is 1. The molecule has 8 nitrogen and oxygen atoms in total. The lowest BCUT2D eigenvalue weighted by molar-refractivity contribution is -0.140. The second-order valence-electron chi connectivity index (χ2n) is 8.65. The maximum atomic E-state index is 13.4. The van der Waals surface area contributed by atoms with Crippen LogP contribution in [0.5, 0.6) is 0 Å². The largest absolute Gasteiger partial charge is 0.359 e. The summed E-state index contributed by atoms with van der Waals surface area (Å²) in [6.45, 7) is 5.17. The van der Waals surface area contributed by atoms with E-state index in [9.17, 15) is 14.0 Å². The van der Waals surface area contributed by atoms with E-state index in [0.29, 0.717) is 48.5 Å². The molecule has 3 aromatic rings. The first-order chi connectivity index (χ1) is 15.4. The number of nitrogens with one attached hydrogen (secondary N) is 2. The molecule has 2 amide bonds. The van der Waals surface area contributed by atoms with Gasteiger partial charge in [0.1, 0.15) is 11.6 Å². The zero-order chi connectivity index (χ0) is 22.7. The maximum Gasteiger partial charge on any atom is 0.228 e. The van der Waals surface area contributed by atoms with E-state index >= 15 is 0 Å². The Labute approximate surface area is 185 Å². The zero-order valence-corrected chi connectivity index (χ0v) is 18.4. The number of amides is 2. The third-order valence-electron chi connectivity index (χ3n) is 6.06. The van der Waals surface area contributed by atoms with Crippen LogP contribution >= 0.6 is 0 Å². The van der Waals surface area contributed by atoms with Crippen molar-refractivity contribution >= 4 is 22.8 Å². The van der Waals surface area contributed by atoms with Gasteiger partial charge in [0.05, 0.1) is 28.7 Å². The molecule has 2 N–H and O–H groups in total. The Bertz CT molecular complexity index is 1120. The standard InChI is InChI=1S/C23H28FN5O3/c1-3-16-12-17(32-28-16)13-25-22(31)23(2)9-4-10-29(14-23)21(30)8-7-20-26-18-6-5-15(24)11-19(18)27-20/h5-6,11-12H,3-4,7-10,13-14H2,1-2H3,(H,25,31)(H,26,27). The van der Waals surface area contributed by atoms with Gasteiger partial charge >= 0.3 is 0 Å². The fraction of sp³-hybridized carbons (Fsp3) is 0.478. The minimum Gasteiger partial charge on any atom is -0.359 e. The van der Waals surface area contributed by atoms with Gasteiger partial charge in [0.25, 0.3) is 0 Å². The molecule has 1 aliphatic heterocycles. The predicted molar refractivity (Wildman–Crippen MR) is 116 cm³/mol. The van der Waals surface area contributed by atoms with E-state index in [2.05, 4.69) is 20.4 Å². The molecule has 1 unspecified atom stereocenters. The Morgan fingerprint density at radius 1 is 1.34 bits per heavy atom. The molecule has 9 heteroatoms. The van der Waals surface area contributed by atoms with Crippen molar-refractivity contribution in [2.24, 2.45) is 5.41 Å². The number of carbonyl (C=O) groups is 2. The van der Waals surface area contributed by atoms with Crippen LogP contribution in [-0.2, 0) is 29.0 Å². The number of halogens is 1. The molecule has 0 spiro atoms. The van der Waals surface area contributed by atoms with E-state index in [0.717, 1.165) is 18.5 Å². The summed E-state index contributed by atoms with van der Waals surface area (Å²) in [6, 6.07) is 6.21. The van der Waals surface area contributed by atoms with Gasteiger partial charge in [-0.3, -0.25) is 9.59 Å². The summed E-state index contributed by atoms with van der Waals surface area (Å²) in [5.74, 6) is 0.828. The fourth-order valence-electron chi connectivity index (χ4n) is 4.16. The quantitative estimate of drug-likeness (QED) is 0.586. The fourth-order valence-corrected chi connectivity index (χ4v) is 4.16. The highest BCUT2D eigenvalue weighted by Gasteiger charge is 2.39. The summed E-state index contributed by atoms with van der Waals surface area (Å²) in [4.78, 5) is 35.0. The van der Waals surface area contributed by atoms with Gasteiger partial charge in [-0.15, -0.1) is 0 Å². The van der Waals surface area contributed by atoms with Crippen LogP contribution in [0, 0.1) is 11.2 Å². The van der Waals surface area contributed by atoms with Crippen molar-refractivity contribution in [3.8, 4) is 0 Å². The van der Waals surface area contributed by atoms with Crippen LogP contribution < -0.4 is 5.32 Å². The zero-order valence-electron chi connectivity index (χ0n) is 18.4. The summed E-state index contributed by atoms with van der Waals surface area (Å²) in [6.07, 6.45) is 2.96. The van der Waals surface area contributed by atoms with Crippen molar-refractivity contribution in [2.75, 3.05) is 13.1 Å². The van der Waals surface area contributed by atoms with E-state index in [4.69, 9.17) is 4.52 Å². The number of likely N-dealkylation sites (tertiary alicyclic amines) is 1. The summed E-state index contributed by atoms with van der Waals surface area (Å²) >= 11 is 0. The van der Waals surface area contributed by atoms with Crippen LogP contribution in [0.4, 0.5) is 4.39 Å². The molecular formula is C23H28FN5O3. The van der Waals surface area contributed by atoms with E-state index in [-0.39, 0.29) is 30.6 Å². The Kier molecular flexibility index (Phi) is 6.25. The highest BCUT2D eigenvalue weighted by atomic mass is 19.1. The first-order valence-corrected chi connectivity index (χ1v) is 11.0. The summed E-state index contributed by atoms with van der Waals surface area (Å²) in [5.41, 5.74) is 1.49. The predicted octanol–water partition coefficient (Wildman–Crippen LogP) is 3.13. The Balaban J connectivity index is 1.32. The average Bonchev–Trinajstić information content (AvgIpc) is 3.41. The van der Waals surface area contributed by atoms with Crippen LogP contribution in [-0.4, -0.2) is 44.9 Å².